The minimum Gasteiger partial charge on any atom is -0.211 e. The zero-order valence-corrected chi connectivity index (χ0v) is 17.7. The van der Waals surface area contributed by atoms with Crippen LogP contribution in [0.1, 0.15) is 44.5 Å². The molecular formula is C21H20Cl2N2O2. The van der Waals surface area contributed by atoms with Crippen molar-refractivity contribution < 1.29 is 9.59 Å². The molecular weight excluding hydrogens is 383 g/mol. The molecule has 4 nitrogen and oxygen atoms in total. The zero-order valence-electron chi connectivity index (χ0n) is 16.2. The van der Waals surface area contributed by atoms with Crippen molar-refractivity contribution in [1.82, 2.24) is 0 Å². The van der Waals surface area contributed by atoms with Gasteiger partial charge in [0.15, 0.2) is 0 Å². The van der Waals surface area contributed by atoms with E-state index >= 15 is 0 Å². The van der Waals surface area contributed by atoms with Gasteiger partial charge in [0.1, 0.15) is 0 Å². The average molecular weight is 403 g/mol. The number of aliphatic imine (C=N–C) groups is 2. The van der Waals surface area contributed by atoms with Crippen LogP contribution in [0.15, 0.2) is 9.98 Å². The topological polar surface area (TPSA) is 58.9 Å². The predicted octanol–water partition coefficient (Wildman–Crippen LogP) is 6.37. The molecule has 2 rings (SSSR count). The summed E-state index contributed by atoms with van der Waals surface area (Å²) in [6, 6.07) is 0. The van der Waals surface area contributed by atoms with E-state index in [-0.39, 0.29) is 0 Å². The van der Waals surface area contributed by atoms with Gasteiger partial charge >= 0.3 is 0 Å². The van der Waals surface area contributed by atoms with E-state index < -0.39 is 0 Å². The fourth-order valence-corrected chi connectivity index (χ4v) is 3.99. The molecule has 6 heteroatoms. The van der Waals surface area contributed by atoms with Crippen LogP contribution in [0.3, 0.4) is 0 Å². The van der Waals surface area contributed by atoms with Crippen molar-refractivity contribution >= 4 is 46.7 Å². The van der Waals surface area contributed by atoms with Gasteiger partial charge in [-0.3, -0.25) is 0 Å². The minimum atomic E-state index is 0.526. The first-order chi connectivity index (χ1) is 12.7. The minimum absolute atomic E-state index is 0.526. The van der Waals surface area contributed by atoms with Crippen LogP contribution in [-0.4, -0.2) is 12.2 Å². The first kappa shape index (κ1) is 21.1. The highest BCUT2D eigenvalue weighted by Crippen LogP contribution is 2.41. The maximum atomic E-state index is 10.9. The number of nitrogens with zero attached hydrogens (tertiary/aromatic N) is 2. The molecule has 27 heavy (non-hydrogen) atoms. The smallest absolute Gasteiger partial charge is 0.211 e. The molecule has 0 unspecified atom stereocenters. The van der Waals surface area contributed by atoms with Gasteiger partial charge < -0.3 is 0 Å². The van der Waals surface area contributed by atoms with Gasteiger partial charge in [0, 0.05) is 10.0 Å². The Labute approximate surface area is 168 Å². The Kier molecular flexibility index (Phi) is 6.41. The van der Waals surface area contributed by atoms with Crippen LogP contribution >= 0.6 is 23.2 Å². The van der Waals surface area contributed by atoms with Gasteiger partial charge in [0.25, 0.3) is 0 Å². The van der Waals surface area contributed by atoms with Gasteiger partial charge in [-0.1, -0.05) is 23.2 Å². The molecule has 0 radical (unpaired) electrons. The lowest BCUT2D eigenvalue weighted by Crippen LogP contribution is -2.04. The molecule has 0 spiro atoms. The lowest BCUT2D eigenvalue weighted by atomic mass is 9.87. The highest BCUT2D eigenvalue weighted by atomic mass is 35.5. The van der Waals surface area contributed by atoms with Crippen molar-refractivity contribution in [1.29, 1.82) is 0 Å². The number of hydrogen-bond donors (Lipinski definition) is 0. The third-order valence-electron chi connectivity index (χ3n) is 5.22. The fraction of sp³-hybridized carbons (Fsp3) is 0.333. The van der Waals surface area contributed by atoms with Crippen molar-refractivity contribution in [2.75, 3.05) is 0 Å². The Hall–Kier alpha value is -2.22. The lowest BCUT2D eigenvalue weighted by Gasteiger charge is -2.21. The van der Waals surface area contributed by atoms with Crippen LogP contribution in [0.4, 0.5) is 11.4 Å². The largest absolute Gasteiger partial charge is 0.240 e. The highest BCUT2D eigenvalue weighted by molar-refractivity contribution is 6.33. The molecule has 0 heterocycles. The van der Waals surface area contributed by atoms with Crippen LogP contribution in [0.5, 0.6) is 0 Å². The second-order valence-corrected chi connectivity index (χ2v) is 7.37. The summed E-state index contributed by atoms with van der Waals surface area (Å²) < 4.78 is 0. The summed E-state index contributed by atoms with van der Waals surface area (Å²) in [6.45, 7) is 11.4. The summed E-state index contributed by atoms with van der Waals surface area (Å²) in [5.74, 6) is 0. The number of halogens is 2. The summed E-state index contributed by atoms with van der Waals surface area (Å²) in [6.07, 6.45) is 3.74. The number of hydrogen-bond acceptors (Lipinski definition) is 4. The van der Waals surface area contributed by atoms with Crippen molar-refractivity contribution in [2.45, 2.75) is 48.0 Å². The maximum absolute atomic E-state index is 10.9. The van der Waals surface area contributed by atoms with Crippen molar-refractivity contribution in [3.05, 3.63) is 54.6 Å². The maximum Gasteiger partial charge on any atom is 0.240 e. The Morgan fingerprint density at radius 3 is 1.26 bits per heavy atom. The van der Waals surface area contributed by atoms with E-state index in [1.165, 1.54) is 0 Å². The van der Waals surface area contributed by atoms with Gasteiger partial charge in [-0.05, 0) is 92.5 Å². The Bertz CT molecular complexity index is 962. The van der Waals surface area contributed by atoms with Gasteiger partial charge in [-0.2, -0.15) is 9.98 Å². The monoisotopic (exact) mass is 402 g/mol. The molecule has 0 aliphatic carbocycles. The fourth-order valence-electron chi connectivity index (χ4n) is 3.58. The number of carbonyl (C=O) groups excluding carboxylic acids is 2. The van der Waals surface area contributed by atoms with Crippen LogP contribution in [0, 0.1) is 41.5 Å². The van der Waals surface area contributed by atoms with Crippen LogP contribution in [0.2, 0.25) is 10.0 Å². The first-order valence-electron chi connectivity index (χ1n) is 8.39. The summed E-state index contributed by atoms with van der Waals surface area (Å²) in [7, 11) is 0. The van der Waals surface area contributed by atoms with Gasteiger partial charge in [-0.25, -0.2) is 9.59 Å². The molecule has 0 aliphatic rings. The predicted molar refractivity (Wildman–Crippen MR) is 110 cm³/mol. The van der Waals surface area contributed by atoms with Crippen LogP contribution in [0.25, 0.3) is 0 Å². The number of isocyanates is 2. The molecule has 0 fully saturated rings. The molecule has 0 amide bonds. The second kappa shape index (κ2) is 8.21. The Morgan fingerprint density at radius 1 is 0.630 bits per heavy atom. The molecule has 0 N–H and O–H groups in total. The molecule has 0 aromatic heterocycles. The standard InChI is InChI=1S/C21H20Cl2N2O2/c1-10-16(12(3)20(24-8-26)14(5)18(10)22)7-17-11(2)19(23)15(6)21(13(17)4)25-9-27/h7H2,1-6H3. The summed E-state index contributed by atoms with van der Waals surface area (Å²) in [5.41, 5.74) is 8.09. The van der Waals surface area contributed by atoms with Gasteiger partial charge in [0.05, 0.1) is 11.4 Å². The van der Waals surface area contributed by atoms with E-state index in [0.29, 0.717) is 27.8 Å². The molecule has 2 aromatic rings. The Balaban J connectivity index is 2.82. The van der Waals surface area contributed by atoms with Crippen molar-refractivity contribution in [3.8, 4) is 0 Å². The van der Waals surface area contributed by atoms with Crippen molar-refractivity contribution in [2.24, 2.45) is 9.98 Å². The summed E-state index contributed by atoms with van der Waals surface area (Å²) >= 11 is 13.0. The summed E-state index contributed by atoms with van der Waals surface area (Å²) in [5, 5.41) is 1.15. The van der Waals surface area contributed by atoms with Crippen LogP contribution in [-0.2, 0) is 16.0 Å². The zero-order chi connectivity index (χ0) is 20.5. The van der Waals surface area contributed by atoms with E-state index in [1.807, 2.05) is 41.5 Å². The first-order valence-corrected chi connectivity index (χ1v) is 9.14. The molecule has 2 aromatic carbocycles. The van der Waals surface area contributed by atoms with E-state index in [9.17, 15) is 9.59 Å². The number of rotatable bonds is 4. The Morgan fingerprint density at radius 2 is 0.963 bits per heavy atom. The van der Waals surface area contributed by atoms with Crippen molar-refractivity contribution in [3.63, 3.8) is 0 Å². The SMILES string of the molecule is Cc1c(Cl)c(C)c(N=C=O)c(C)c1Cc1c(C)c(Cl)c(C)c(N=C=O)c1C. The normalized spacial score (nSPS) is 10.4. The second-order valence-electron chi connectivity index (χ2n) is 6.62. The number of benzene rings is 2. The lowest BCUT2D eigenvalue weighted by molar-refractivity contribution is 0.564. The van der Waals surface area contributed by atoms with Crippen LogP contribution < -0.4 is 0 Å². The third kappa shape index (κ3) is 3.63. The molecule has 0 saturated carbocycles. The molecule has 0 aliphatic heterocycles. The van der Waals surface area contributed by atoms with E-state index in [4.69, 9.17) is 23.2 Å². The third-order valence-corrected chi connectivity index (χ3v) is 6.35. The van der Waals surface area contributed by atoms with E-state index in [0.717, 1.165) is 44.5 Å². The molecule has 0 atom stereocenters. The molecule has 0 bridgehead atoms. The van der Waals surface area contributed by atoms with E-state index in [2.05, 4.69) is 9.98 Å². The van der Waals surface area contributed by atoms with E-state index in [1.54, 1.807) is 12.2 Å². The van der Waals surface area contributed by atoms with Gasteiger partial charge in [-0.15, -0.1) is 0 Å². The summed E-state index contributed by atoms with van der Waals surface area (Å²) in [4.78, 5) is 29.4. The highest BCUT2D eigenvalue weighted by Gasteiger charge is 2.21. The molecule has 0 saturated heterocycles. The average Bonchev–Trinajstić information content (AvgIpc) is 2.65. The quantitative estimate of drug-likeness (QED) is 0.440. The van der Waals surface area contributed by atoms with Gasteiger partial charge in [0.2, 0.25) is 12.2 Å². The molecule has 140 valence electrons.